The Hall–Kier alpha value is -1.43. The Kier molecular flexibility index (Phi) is 5.32. The summed E-state index contributed by atoms with van der Waals surface area (Å²) >= 11 is 0. The van der Waals surface area contributed by atoms with E-state index in [1.165, 1.54) is 5.56 Å². The number of hydrogen-bond donors (Lipinski definition) is 3. The lowest BCUT2D eigenvalue weighted by Gasteiger charge is -2.03. The van der Waals surface area contributed by atoms with Crippen LogP contribution in [0.5, 0.6) is 0 Å². The minimum Gasteiger partial charge on any atom is -0.394 e. The molecule has 2 aromatic rings. The number of ether oxygens (including phenoxy) is 1. The first kappa shape index (κ1) is 14.0. The third-order valence-electron chi connectivity index (χ3n) is 2.88. The summed E-state index contributed by atoms with van der Waals surface area (Å²) in [4.78, 5) is 7.87. The van der Waals surface area contributed by atoms with Crippen molar-refractivity contribution in [1.29, 1.82) is 0 Å². The van der Waals surface area contributed by atoms with Crippen LogP contribution in [0.15, 0.2) is 18.2 Å². The van der Waals surface area contributed by atoms with Crippen molar-refractivity contribution in [1.82, 2.24) is 15.3 Å². The van der Waals surface area contributed by atoms with Gasteiger partial charge in [-0.05, 0) is 24.6 Å². The van der Waals surface area contributed by atoms with Gasteiger partial charge < -0.3 is 20.1 Å². The maximum absolute atomic E-state index is 8.55. The van der Waals surface area contributed by atoms with Gasteiger partial charge >= 0.3 is 0 Å². The highest BCUT2D eigenvalue weighted by Crippen LogP contribution is 2.13. The first-order chi connectivity index (χ1) is 9.29. The summed E-state index contributed by atoms with van der Waals surface area (Å²) in [5.74, 6) is 1.00. The smallest absolute Gasteiger partial charge is 0.108 e. The molecule has 19 heavy (non-hydrogen) atoms. The minimum atomic E-state index is 0.0817. The highest BCUT2D eigenvalue weighted by atomic mass is 16.5. The molecular formula is C14H21N3O2. The van der Waals surface area contributed by atoms with Crippen molar-refractivity contribution in [3.63, 3.8) is 0 Å². The summed E-state index contributed by atoms with van der Waals surface area (Å²) < 4.78 is 5.16. The molecule has 0 unspecified atom stereocenters. The number of nitrogens with zero attached hydrogens (tertiary/aromatic N) is 1. The summed E-state index contributed by atoms with van der Waals surface area (Å²) in [6.07, 6.45) is 0.869. The van der Waals surface area contributed by atoms with E-state index in [-0.39, 0.29) is 6.61 Å². The monoisotopic (exact) mass is 263 g/mol. The van der Waals surface area contributed by atoms with Crippen LogP contribution in [-0.4, -0.2) is 48.0 Å². The van der Waals surface area contributed by atoms with E-state index in [1.807, 2.05) is 6.07 Å². The van der Waals surface area contributed by atoms with E-state index in [4.69, 9.17) is 9.84 Å². The lowest BCUT2D eigenvalue weighted by Crippen LogP contribution is -2.23. The fraction of sp³-hybridized carbons (Fsp3) is 0.500. The molecule has 0 aliphatic carbocycles. The Morgan fingerprint density at radius 1 is 1.32 bits per heavy atom. The molecule has 1 aromatic carbocycles. The average molecular weight is 263 g/mol. The van der Waals surface area contributed by atoms with E-state index in [0.29, 0.717) is 13.2 Å². The second-order valence-corrected chi connectivity index (χ2v) is 4.54. The number of aryl methyl sites for hydroxylation is 1. The molecule has 0 amide bonds. The quantitative estimate of drug-likeness (QED) is 0.622. The number of fused-ring (bicyclic) bond motifs is 1. The normalized spacial score (nSPS) is 11.3. The van der Waals surface area contributed by atoms with E-state index < -0.39 is 0 Å². The number of benzene rings is 1. The molecule has 1 heterocycles. The van der Waals surface area contributed by atoms with Gasteiger partial charge in [-0.15, -0.1) is 0 Å². The van der Waals surface area contributed by atoms with Crippen LogP contribution in [0.25, 0.3) is 11.0 Å². The molecule has 0 saturated carbocycles. The van der Waals surface area contributed by atoms with Crippen molar-refractivity contribution in [3.05, 3.63) is 29.6 Å². The number of aliphatic hydroxyl groups is 1. The van der Waals surface area contributed by atoms with Crippen LogP contribution in [-0.2, 0) is 11.2 Å². The van der Waals surface area contributed by atoms with Crippen LogP contribution in [0.4, 0.5) is 0 Å². The average Bonchev–Trinajstić information content (AvgIpc) is 2.79. The van der Waals surface area contributed by atoms with E-state index in [0.717, 1.165) is 36.4 Å². The number of aromatic amines is 1. The lowest BCUT2D eigenvalue weighted by molar-refractivity contribution is 0.0940. The summed E-state index contributed by atoms with van der Waals surface area (Å²) in [6, 6.07) is 6.23. The Labute approximate surface area is 113 Å². The van der Waals surface area contributed by atoms with Gasteiger partial charge in [0.2, 0.25) is 0 Å². The van der Waals surface area contributed by atoms with Gasteiger partial charge in [-0.1, -0.05) is 6.07 Å². The Morgan fingerprint density at radius 3 is 3.05 bits per heavy atom. The van der Waals surface area contributed by atoms with Crippen LogP contribution in [0.1, 0.15) is 11.4 Å². The number of aromatic nitrogens is 2. The SMILES string of the molecule is Cc1ccc2nc(CCNCCOCCO)[nH]c2c1. The number of aliphatic hydroxyl groups excluding tert-OH is 1. The number of hydrogen-bond acceptors (Lipinski definition) is 4. The molecule has 5 nitrogen and oxygen atoms in total. The van der Waals surface area contributed by atoms with E-state index >= 15 is 0 Å². The topological polar surface area (TPSA) is 70.2 Å². The first-order valence-corrected chi connectivity index (χ1v) is 6.64. The van der Waals surface area contributed by atoms with E-state index in [1.54, 1.807) is 0 Å². The first-order valence-electron chi connectivity index (χ1n) is 6.64. The predicted octanol–water partition coefficient (Wildman–Crippen LogP) is 1.01. The lowest BCUT2D eigenvalue weighted by atomic mass is 10.2. The zero-order chi connectivity index (χ0) is 13.5. The zero-order valence-electron chi connectivity index (χ0n) is 11.3. The van der Waals surface area contributed by atoms with Gasteiger partial charge in [0.05, 0.1) is 30.9 Å². The molecule has 0 radical (unpaired) electrons. The van der Waals surface area contributed by atoms with Crippen molar-refractivity contribution in [2.45, 2.75) is 13.3 Å². The standard InChI is InChI=1S/C14H21N3O2/c1-11-2-3-12-13(10-11)17-14(16-12)4-5-15-6-8-19-9-7-18/h2-3,10,15,18H,4-9H2,1H3,(H,16,17). The number of imidazole rings is 1. The molecule has 3 N–H and O–H groups in total. The van der Waals surface area contributed by atoms with Crippen molar-refractivity contribution >= 4 is 11.0 Å². The fourth-order valence-electron chi connectivity index (χ4n) is 1.94. The van der Waals surface area contributed by atoms with Crippen molar-refractivity contribution < 1.29 is 9.84 Å². The van der Waals surface area contributed by atoms with Gasteiger partial charge in [-0.25, -0.2) is 4.98 Å². The van der Waals surface area contributed by atoms with Crippen LogP contribution < -0.4 is 5.32 Å². The molecule has 0 saturated heterocycles. The molecule has 0 aliphatic rings. The van der Waals surface area contributed by atoms with Gasteiger partial charge in [0.15, 0.2) is 0 Å². The summed E-state index contributed by atoms with van der Waals surface area (Å²) in [7, 11) is 0. The maximum atomic E-state index is 8.55. The molecule has 104 valence electrons. The van der Waals surface area contributed by atoms with Crippen LogP contribution in [0.2, 0.25) is 0 Å². The molecule has 1 aromatic heterocycles. The molecular weight excluding hydrogens is 242 g/mol. The molecule has 0 spiro atoms. The van der Waals surface area contributed by atoms with Gasteiger partial charge in [0, 0.05) is 19.5 Å². The zero-order valence-corrected chi connectivity index (χ0v) is 11.3. The summed E-state index contributed by atoms with van der Waals surface area (Å²) in [6.45, 7) is 4.84. The fourth-order valence-corrected chi connectivity index (χ4v) is 1.94. The third-order valence-corrected chi connectivity index (χ3v) is 2.88. The minimum absolute atomic E-state index is 0.0817. The van der Waals surface area contributed by atoms with Crippen molar-refractivity contribution in [2.75, 3.05) is 32.9 Å². The van der Waals surface area contributed by atoms with Crippen LogP contribution >= 0.6 is 0 Å². The van der Waals surface area contributed by atoms with Crippen LogP contribution in [0.3, 0.4) is 0 Å². The molecule has 5 heteroatoms. The van der Waals surface area contributed by atoms with Gasteiger partial charge in [0.1, 0.15) is 5.82 Å². The Morgan fingerprint density at radius 2 is 2.21 bits per heavy atom. The van der Waals surface area contributed by atoms with Crippen molar-refractivity contribution in [2.24, 2.45) is 0 Å². The van der Waals surface area contributed by atoms with Gasteiger partial charge in [-0.2, -0.15) is 0 Å². The van der Waals surface area contributed by atoms with Crippen LogP contribution in [0, 0.1) is 6.92 Å². The highest BCUT2D eigenvalue weighted by Gasteiger charge is 2.02. The van der Waals surface area contributed by atoms with Gasteiger partial charge in [0.25, 0.3) is 0 Å². The highest BCUT2D eigenvalue weighted by molar-refractivity contribution is 5.75. The van der Waals surface area contributed by atoms with E-state index in [2.05, 4.69) is 34.3 Å². The Bertz CT molecular complexity index is 510. The number of rotatable bonds is 8. The summed E-state index contributed by atoms with van der Waals surface area (Å²) in [5.41, 5.74) is 3.36. The molecule has 0 atom stereocenters. The Balaban J connectivity index is 1.72. The largest absolute Gasteiger partial charge is 0.394 e. The molecule has 0 aliphatic heterocycles. The number of nitrogens with one attached hydrogen (secondary N) is 2. The van der Waals surface area contributed by atoms with E-state index in [9.17, 15) is 0 Å². The number of H-pyrrole nitrogens is 1. The third kappa shape index (κ3) is 4.31. The second-order valence-electron chi connectivity index (χ2n) is 4.54. The van der Waals surface area contributed by atoms with Crippen molar-refractivity contribution in [3.8, 4) is 0 Å². The maximum Gasteiger partial charge on any atom is 0.108 e. The molecule has 0 bridgehead atoms. The van der Waals surface area contributed by atoms with Gasteiger partial charge in [-0.3, -0.25) is 0 Å². The molecule has 2 rings (SSSR count). The predicted molar refractivity (Wildman–Crippen MR) is 75.3 cm³/mol. The molecule has 0 fully saturated rings. The second kappa shape index (κ2) is 7.23. The summed E-state index contributed by atoms with van der Waals surface area (Å²) in [5, 5.41) is 11.8.